The van der Waals surface area contributed by atoms with E-state index in [0.717, 1.165) is 12.4 Å². The third kappa shape index (κ3) is 2.91. The molecule has 4 heteroatoms. The number of ketones is 1. The Morgan fingerprint density at radius 2 is 1.94 bits per heavy atom. The number of carbonyl (C=O) groups is 1. The van der Waals surface area contributed by atoms with E-state index >= 15 is 0 Å². The van der Waals surface area contributed by atoms with Crippen molar-refractivity contribution in [3.8, 4) is 0 Å². The van der Waals surface area contributed by atoms with Gasteiger partial charge in [-0.25, -0.2) is 4.98 Å². The van der Waals surface area contributed by atoms with Crippen LogP contribution in [0.25, 0.3) is 0 Å². The topological polar surface area (TPSA) is 46.1 Å². The number of anilines is 1. The van der Waals surface area contributed by atoms with E-state index in [1.165, 1.54) is 12.5 Å². The lowest BCUT2D eigenvalue weighted by atomic mass is 10.2. The first-order valence-electron chi connectivity index (χ1n) is 5.74. The largest absolute Gasteiger partial charge is 0.355 e. The highest BCUT2D eigenvalue weighted by Crippen LogP contribution is 2.13. The highest BCUT2D eigenvalue weighted by Gasteiger charge is 2.05. The van der Waals surface area contributed by atoms with Crippen molar-refractivity contribution in [2.45, 2.75) is 13.5 Å². The Balaban J connectivity index is 2.09. The summed E-state index contributed by atoms with van der Waals surface area (Å²) in [5.74, 6) is 0.877. The first-order chi connectivity index (χ1) is 8.66. The summed E-state index contributed by atoms with van der Waals surface area (Å²) < 4.78 is 0. The zero-order valence-electron chi connectivity index (χ0n) is 10.5. The van der Waals surface area contributed by atoms with E-state index in [-0.39, 0.29) is 5.78 Å². The second-order valence-corrected chi connectivity index (χ2v) is 4.17. The van der Waals surface area contributed by atoms with Crippen LogP contribution in [0.3, 0.4) is 0 Å². The summed E-state index contributed by atoms with van der Waals surface area (Å²) in [6, 6.07) is 7.60. The molecular weight excluding hydrogens is 226 g/mol. The molecule has 0 N–H and O–H groups in total. The Morgan fingerprint density at radius 3 is 2.50 bits per heavy atom. The molecule has 0 fully saturated rings. The van der Waals surface area contributed by atoms with Crippen LogP contribution in [-0.2, 0) is 6.54 Å². The number of aromatic nitrogens is 2. The van der Waals surface area contributed by atoms with Crippen molar-refractivity contribution in [1.29, 1.82) is 0 Å². The molecule has 0 unspecified atom stereocenters. The third-order valence-corrected chi connectivity index (χ3v) is 2.71. The quantitative estimate of drug-likeness (QED) is 0.771. The van der Waals surface area contributed by atoms with Gasteiger partial charge in [0.15, 0.2) is 5.78 Å². The van der Waals surface area contributed by atoms with Crippen LogP contribution >= 0.6 is 0 Å². The average molecular weight is 241 g/mol. The molecule has 0 aliphatic carbocycles. The van der Waals surface area contributed by atoms with E-state index in [9.17, 15) is 4.79 Å². The standard InChI is InChI=1S/C14H15N3O/c1-11(18)13-3-4-14(16-9-13)17(2)10-12-5-7-15-8-6-12/h3-9H,10H2,1-2H3. The lowest BCUT2D eigenvalue weighted by Gasteiger charge is -2.18. The van der Waals surface area contributed by atoms with Crippen molar-refractivity contribution < 1.29 is 4.79 Å². The Morgan fingerprint density at radius 1 is 1.22 bits per heavy atom. The molecule has 0 spiro atoms. The molecule has 2 heterocycles. The molecule has 0 aliphatic rings. The first kappa shape index (κ1) is 12.2. The van der Waals surface area contributed by atoms with E-state index in [1.807, 2.05) is 30.1 Å². The van der Waals surface area contributed by atoms with Crippen molar-refractivity contribution in [3.63, 3.8) is 0 Å². The summed E-state index contributed by atoms with van der Waals surface area (Å²) >= 11 is 0. The fourth-order valence-corrected chi connectivity index (χ4v) is 1.66. The molecule has 0 radical (unpaired) electrons. The number of hydrogen-bond acceptors (Lipinski definition) is 4. The predicted molar refractivity (Wildman–Crippen MR) is 70.6 cm³/mol. The van der Waals surface area contributed by atoms with Gasteiger partial charge in [0.25, 0.3) is 0 Å². The molecule has 92 valence electrons. The fourth-order valence-electron chi connectivity index (χ4n) is 1.66. The Kier molecular flexibility index (Phi) is 3.67. The molecule has 2 aromatic rings. The molecule has 0 aromatic carbocycles. The molecule has 2 aromatic heterocycles. The van der Waals surface area contributed by atoms with Crippen LogP contribution in [0, 0.1) is 0 Å². The van der Waals surface area contributed by atoms with Gasteiger partial charge < -0.3 is 4.90 Å². The monoisotopic (exact) mass is 241 g/mol. The third-order valence-electron chi connectivity index (χ3n) is 2.71. The number of rotatable bonds is 4. The lowest BCUT2D eigenvalue weighted by Crippen LogP contribution is -2.17. The van der Waals surface area contributed by atoms with E-state index in [4.69, 9.17) is 0 Å². The van der Waals surface area contributed by atoms with Crippen molar-refractivity contribution in [1.82, 2.24) is 9.97 Å². The van der Waals surface area contributed by atoms with E-state index in [2.05, 4.69) is 9.97 Å². The van der Waals surface area contributed by atoms with Crippen LogP contribution in [0.2, 0.25) is 0 Å². The van der Waals surface area contributed by atoms with Crippen molar-refractivity contribution in [3.05, 3.63) is 54.0 Å². The number of pyridine rings is 2. The van der Waals surface area contributed by atoms with Crippen molar-refractivity contribution in [2.75, 3.05) is 11.9 Å². The van der Waals surface area contributed by atoms with Crippen LogP contribution < -0.4 is 4.90 Å². The second kappa shape index (κ2) is 5.40. The zero-order chi connectivity index (χ0) is 13.0. The van der Waals surface area contributed by atoms with E-state index < -0.39 is 0 Å². The smallest absolute Gasteiger partial charge is 0.161 e. The number of carbonyl (C=O) groups excluding carboxylic acids is 1. The Bertz CT molecular complexity index is 522. The highest BCUT2D eigenvalue weighted by molar-refractivity contribution is 5.93. The number of Topliss-reactive ketones (excluding diaryl/α,β-unsaturated/α-hetero) is 1. The summed E-state index contributed by atoms with van der Waals surface area (Å²) in [7, 11) is 1.97. The summed E-state index contributed by atoms with van der Waals surface area (Å²) in [6.45, 7) is 2.30. The summed E-state index contributed by atoms with van der Waals surface area (Å²) in [5, 5.41) is 0. The van der Waals surface area contributed by atoms with Gasteiger partial charge in [-0.15, -0.1) is 0 Å². The maximum atomic E-state index is 11.2. The molecule has 18 heavy (non-hydrogen) atoms. The van der Waals surface area contributed by atoms with Crippen LogP contribution in [0.5, 0.6) is 0 Å². The van der Waals surface area contributed by atoms with Crippen molar-refractivity contribution >= 4 is 11.6 Å². The van der Waals surface area contributed by atoms with Crippen LogP contribution in [0.4, 0.5) is 5.82 Å². The molecule has 0 saturated heterocycles. The second-order valence-electron chi connectivity index (χ2n) is 4.17. The molecule has 0 bridgehead atoms. The molecular formula is C14H15N3O. The Hall–Kier alpha value is -2.23. The van der Waals surface area contributed by atoms with Gasteiger partial charge in [-0.05, 0) is 36.8 Å². The minimum Gasteiger partial charge on any atom is -0.355 e. The molecule has 0 atom stereocenters. The van der Waals surface area contributed by atoms with Gasteiger partial charge in [0.2, 0.25) is 0 Å². The van der Waals surface area contributed by atoms with Gasteiger partial charge in [-0.3, -0.25) is 9.78 Å². The van der Waals surface area contributed by atoms with Crippen LogP contribution in [-0.4, -0.2) is 22.8 Å². The van der Waals surface area contributed by atoms with Gasteiger partial charge in [-0.1, -0.05) is 0 Å². The van der Waals surface area contributed by atoms with Crippen molar-refractivity contribution in [2.24, 2.45) is 0 Å². The first-order valence-corrected chi connectivity index (χ1v) is 5.74. The summed E-state index contributed by atoms with van der Waals surface area (Å²) in [4.78, 5) is 21.5. The van der Waals surface area contributed by atoms with E-state index in [0.29, 0.717) is 5.56 Å². The normalized spacial score (nSPS) is 10.1. The maximum absolute atomic E-state index is 11.2. The van der Waals surface area contributed by atoms with Crippen LogP contribution in [0.1, 0.15) is 22.8 Å². The highest BCUT2D eigenvalue weighted by atomic mass is 16.1. The van der Waals surface area contributed by atoms with Crippen LogP contribution in [0.15, 0.2) is 42.9 Å². The Labute approximate surface area is 106 Å². The molecule has 0 amide bonds. The van der Waals surface area contributed by atoms with E-state index in [1.54, 1.807) is 24.7 Å². The molecule has 0 saturated carbocycles. The molecule has 2 rings (SSSR count). The summed E-state index contributed by atoms with van der Waals surface area (Å²) in [5.41, 5.74) is 1.81. The molecule has 0 aliphatic heterocycles. The van der Waals surface area contributed by atoms with Gasteiger partial charge >= 0.3 is 0 Å². The minimum absolute atomic E-state index is 0.0332. The van der Waals surface area contributed by atoms with Gasteiger partial charge in [0, 0.05) is 37.7 Å². The lowest BCUT2D eigenvalue weighted by molar-refractivity contribution is 0.101. The average Bonchev–Trinajstić information content (AvgIpc) is 2.40. The molecule has 4 nitrogen and oxygen atoms in total. The number of hydrogen-bond donors (Lipinski definition) is 0. The van der Waals surface area contributed by atoms with Gasteiger partial charge in [0.05, 0.1) is 0 Å². The predicted octanol–water partition coefficient (Wildman–Crippen LogP) is 2.32. The maximum Gasteiger partial charge on any atom is 0.161 e. The fraction of sp³-hybridized carbons (Fsp3) is 0.214. The summed E-state index contributed by atoms with van der Waals surface area (Å²) in [6.07, 6.45) is 5.16. The SMILES string of the molecule is CC(=O)c1ccc(N(C)Cc2ccncc2)nc1. The zero-order valence-corrected chi connectivity index (χ0v) is 10.5. The van der Waals surface area contributed by atoms with Gasteiger partial charge in [0.1, 0.15) is 5.82 Å². The number of nitrogens with zero attached hydrogens (tertiary/aromatic N) is 3. The van der Waals surface area contributed by atoms with Gasteiger partial charge in [-0.2, -0.15) is 0 Å². The minimum atomic E-state index is 0.0332.